The minimum atomic E-state index is -0.542. The van der Waals surface area contributed by atoms with Gasteiger partial charge in [-0.15, -0.1) is 0 Å². The fourth-order valence-electron chi connectivity index (χ4n) is 1.96. The van der Waals surface area contributed by atoms with Crippen molar-refractivity contribution in [1.82, 2.24) is 14.9 Å². The van der Waals surface area contributed by atoms with Crippen molar-refractivity contribution in [2.24, 2.45) is 7.05 Å². The lowest BCUT2D eigenvalue weighted by atomic mass is 9.88. The van der Waals surface area contributed by atoms with Crippen LogP contribution in [0.15, 0.2) is 12.5 Å². The molecule has 0 amide bonds. The average Bonchev–Trinajstić information content (AvgIpc) is 2.51. The Morgan fingerprint density at radius 3 is 2.86 bits per heavy atom. The highest BCUT2D eigenvalue weighted by atomic mass is 16.3. The molecule has 14 heavy (non-hydrogen) atoms. The van der Waals surface area contributed by atoms with Gasteiger partial charge in [-0.3, -0.25) is 0 Å². The van der Waals surface area contributed by atoms with Crippen molar-refractivity contribution in [3.63, 3.8) is 0 Å². The first kappa shape index (κ1) is 9.68. The van der Waals surface area contributed by atoms with Gasteiger partial charge in [-0.1, -0.05) is 0 Å². The molecule has 0 radical (unpaired) electrons. The first-order valence-corrected chi connectivity index (χ1v) is 5.08. The SMILES string of the molecule is Cn1cnc(CC2(O)CCNCC2)c1. The highest BCUT2D eigenvalue weighted by Crippen LogP contribution is 2.22. The second-order valence-electron chi connectivity index (χ2n) is 4.18. The van der Waals surface area contributed by atoms with Crippen molar-refractivity contribution in [3.05, 3.63) is 18.2 Å². The third-order valence-electron chi connectivity index (χ3n) is 2.80. The van der Waals surface area contributed by atoms with Crippen molar-refractivity contribution >= 4 is 0 Å². The number of rotatable bonds is 2. The Labute approximate surface area is 84.0 Å². The molecule has 4 nitrogen and oxygen atoms in total. The molecule has 1 aromatic heterocycles. The quantitative estimate of drug-likeness (QED) is 0.702. The Balaban J connectivity index is 2.01. The van der Waals surface area contributed by atoms with Gasteiger partial charge >= 0.3 is 0 Å². The molecule has 0 bridgehead atoms. The number of hydrogen-bond acceptors (Lipinski definition) is 3. The van der Waals surface area contributed by atoms with Crippen molar-refractivity contribution in [2.45, 2.75) is 24.9 Å². The highest BCUT2D eigenvalue weighted by Gasteiger charge is 2.29. The van der Waals surface area contributed by atoms with Crippen LogP contribution in [-0.4, -0.2) is 33.3 Å². The van der Waals surface area contributed by atoms with Crippen LogP contribution in [0.1, 0.15) is 18.5 Å². The standard InChI is InChI=1S/C10H17N3O/c1-13-7-9(12-8-13)6-10(14)2-4-11-5-3-10/h7-8,11,14H,2-6H2,1H3. The van der Waals surface area contributed by atoms with Crippen LogP contribution in [0.2, 0.25) is 0 Å². The van der Waals surface area contributed by atoms with Gasteiger partial charge in [-0.2, -0.15) is 0 Å². The zero-order chi connectivity index (χ0) is 10.0. The van der Waals surface area contributed by atoms with Crippen LogP contribution < -0.4 is 5.32 Å². The zero-order valence-corrected chi connectivity index (χ0v) is 8.53. The second kappa shape index (κ2) is 3.71. The molecule has 1 fully saturated rings. The van der Waals surface area contributed by atoms with E-state index in [4.69, 9.17) is 0 Å². The van der Waals surface area contributed by atoms with Gasteiger partial charge in [0.2, 0.25) is 0 Å². The molecule has 0 atom stereocenters. The molecule has 4 heteroatoms. The number of aromatic nitrogens is 2. The fourth-order valence-corrected chi connectivity index (χ4v) is 1.96. The summed E-state index contributed by atoms with van der Waals surface area (Å²) in [4.78, 5) is 4.24. The number of hydrogen-bond donors (Lipinski definition) is 2. The Morgan fingerprint density at radius 1 is 1.57 bits per heavy atom. The predicted molar refractivity (Wildman–Crippen MR) is 54.0 cm³/mol. The normalized spacial score (nSPS) is 21.0. The van der Waals surface area contributed by atoms with Crippen molar-refractivity contribution in [1.29, 1.82) is 0 Å². The third kappa shape index (κ3) is 2.13. The maximum atomic E-state index is 10.2. The Hall–Kier alpha value is -0.870. The molecule has 78 valence electrons. The molecule has 0 aliphatic carbocycles. The second-order valence-corrected chi connectivity index (χ2v) is 4.18. The van der Waals surface area contributed by atoms with Gasteiger partial charge in [0.15, 0.2) is 0 Å². The highest BCUT2D eigenvalue weighted by molar-refractivity contribution is 5.03. The van der Waals surface area contributed by atoms with E-state index in [-0.39, 0.29) is 0 Å². The molecule has 0 unspecified atom stereocenters. The van der Waals surface area contributed by atoms with Gasteiger partial charge in [0.25, 0.3) is 0 Å². The monoisotopic (exact) mass is 195 g/mol. The van der Waals surface area contributed by atoms with E-state index >= 15 is 0 Å². The van der Waals surface area contributed by atoms with Crippen LogP contribution in [0.4, 0.5) is 0 Å². The molecule has 1 aliphatic heterocycles. The van der Waals surface area contributed by atoms with Crippen LogP contribution >= 0.6 is 0 Å². The van der Waals surface area contributed by atoms with Crippen LogP contribution in [0.5, 0.6) is 0 Å². The summed E-state index contributed by atoms with van der Waals surface area (Å²) in [5.74, 6) is 0. The van der Waals surface area contributed by atoms with E-state index in [9.17, 15) is 5.11 Å². The first-order chi connectivity index (χ1) is 6.68. The van der Waals surface area contributed by atoms with E-state index in [1.807, 2.05) is 17.8 Å². The van der Waals surface area contributed by atoms with Gasteiger partial charge in [0.1, 0.15) is 0 Å². The van der Waals surface area contributed by atoms with Gasteiger partial charge in [-0.25, -0.2) is 4.98 Å². The average molecular weight is 195 g/mol. The number of imidazole rings is 1. The minimum Gasteiger partial charge on any atom is -0.389 e. The van der Waals surface area contributed by atoms with Gasteiger partial charge in [0.05, 0.1) is 17.6 Å². The lowest BCUT2D eigenvalue weighted by molar-refractivity contribution is 0.0101. The largest absolute Gasteiger partial charge is 0.389 e. The summed E-state index contributed by atoms with van der Waals surface area (Å²) in [5, 5.41) is 13.5. The molecule has 0 spiro atoms. The number of nitrogens with one attached hydrogen (secondary N) is 1. The van der Waals surface area contributed by atoms with E-state index in [0.29, 0.717) is 6.42 Å². The minimum absolute atomic E-state index is 0.542. The van der Waals surface area contributed by atoms with E-state index < -0.39 is 5.60 Å². The van der Waals surface area contributed by atoms with Crippen LogP contribution in [-0.2, 0) is 13.5 Å². The fraction of sp³-hybridized carbons (Fsp3) is 0.700. The molecule has 0 aromatic carbocycles. The maximum absolute atomic E-state index is 10.2. The van der Waals surface area contributed by atoms with E-state index in [1.54, 1.807) is 6.33 Å². The predicted octanol–water partition coefficient (Wildman–Crippen LogP) is 0.0771. The third-order valence-corrected chi connectivity index (χ3v) is 2.80. The van der Waals surface area contributed by atoms with Crippen LogP contribution in [0.3, 0.4) is 0 Å². The van der Waals surface area contributed by atoms with Gasteiger partial charge in [-0.05, 0) is 25.9 Å². The number of aliphatic hydroxyl groups is 1. The van der Waals surface area contributed by atoms with E-state index in [1.165, 1.54) is 0 Å². The summed E-state index contributed by atoms with van der Waals surface area (Å²) in [5.41, 5.74) is 0.441. The van der Waals surface area contributed by atoms with Crippen molar-refractivity contribution in [3.8, 4) is 0 Å². The first-order valence-electron chi connectivity index (χ1n) is 5.08. The Morgan fingerprint density at radius 2 is 2.29 bits per heavy atom. The summed E-state index contributed by atoms with van der Waals surface area (Å²) in [6.07, 6.45) is 6.07. The van der Waals surface area contributed by atoms with Crippen LogP contribution in [0.25, 0.3) is 0 Å². The molecular formula is C10H17N3O. The lowest BCUT2D eigenvalue weighted by Crippen LogP contribution is -2.43. The lowest BCUT2D eigenvalue weighted by Gasteiger charge is -2.31. The maximum Gasteiger partial charge on any atom is 0.0946 e. The summed E-state index contributed by atoms with van der Waals surface area (Å²) in [7, 11) is 1.95. The molecule has 2 rings (SSSR count). The summed E-state index contributed by atoms with van der Waals surface area (Å²) >= 11 is 0. The smallest absolute Gasteiger partial charge is 0.0946 e. The number of aryl methyl sites for hydroxylation is 1. The van der Waals surface area contributed by atoms with Crippen molar-refractivity contribution in [2.75, 3.05) is 13.1 Å². The molecule has 2 N–H and O–H groups in total. The van der Waals surface area contributed by atoms with Crippen LogP contribution in [0, 0.1) is 0 Å². The molecule has 2 heterocycles. The Bertz CT molecular complexity index is 302. The van der Waals surface area contributed by atoms with E-state index in [2.05, 4.69) is 10.3 Å². The Kier molecular flexibility index (Phi) is 2.56. The zero-order valence-electron chi connectivity index (χ0n) is 8.53. The van der Waals surface area contributed by atoms with Gasteiger partial charge in [0, 0.05) is 19.7 Å². The molecule has 0 saturated carbocycles. The number of nitrogens with zero attached hydrogens (tertiary/aromatic N) is 2. The van der Waals surface area contributed by atoms with E-state index in [0.717, 1.165) is 31.6 Å². The molecule has 1 saturated heterocycles. The molecule has 1 aromatic rings. The summed E-state index contributed by atoms with van der Waals surface area (Å²) in [6, 6.07) is 0. The number of piperidine rings is 1. The topological polar surface area (TPSA) is 50.1 Å². The molecular weight excluding hydrogens is 178 g/mol. The summed E-state index contributed by atoms with van der Waals surface area (Å²) in [6.45, 7) is 1.81. The summed E-state index contributed by atoms with van der Waals surface area (Å²) < 4.78 is 1.92. The molecule has 1 aliphatic rings. The van der Waals surface area contributed by atoms with Crippen molar-refractivity contribution < 1.29 is 5.11 Å². The van der Waals surface area contributed by atoms with Gasteiger partial charge < -0.3 is 15.0 Å².